The highest BCUT2D eigenvalue weighted by Gasteiger charge is 2.52. The third-order valence-electron chi connectivity index (χ3n) is 5.88. The average molecular weight is 468 g/mol. The molecule has 0 fully saturated rings. The molecular formula is C27H37NO4Si. The van der Waals surface area contributed by atoms with Crippen LogP contribution < -0.4 is 15.7 Å². The molecule has 0 radical (unpaired) electrons. The van der Waals surface area contributed by atoms with E-state index in [2.05, 4.69) is 50.4 Å². The summed E-state index contributed by atoms with van der Waals surface area (Å²) < 4.78 is 12.6. The minimum Gasteiger partial charge on any atom is -0.444 e. The van der Waals surface area contributed by atoms with Gasteiger partial charge >= 0.3 is 6.09 Å². The van der Waals surface area contributed by atoms with Gasteiger partial charge in [0.25, 0.3) is 8.32 Å². The van der Waals surface area contributed by atoms with Gasteiger partial charge in [-0.2, -0.15) is 0 Å². The molecule has 3 atom stereocenters. The molecule has 0 aliphatic heterocycles. The number of hydrogen-bond donors (Lipinski definition) is 2. The zero-order valence-electron chi connectivity index (χ0n) is 20.5. The van der Waals surface area contributed by atoms with Gasteiger partial charge in [-0.25, -0.2) is 4.79 Å². The molecule has 0 saturated carbocycles. The largest absolute Gasteiger partial charge is 0.444 e. The van der Waals surface area contributed by atoms with Crippen LogP contribution in [0.4, 0.5) is 4.79 Å². The van der Waals surface area contributed by atoms with Crippen LogP contribution in [0, 0.1) is 0 Å². The summed E-state index contributed by atoms with van der Waals surface area (Å²) in [4.78, 5) is 12.6. The summed E-state index contributed by atoms with van der Waals surface area (Å²) in [5.41, 5.74) is -0.631. The van der Waals surface area contributed by atoms with Crippen molar-refractivity contribution in [2.75, 3.05) is 0 Å². The van der Waals surface area contributed by atoms with Gasteiger partial charge in [0.15, 0.2) is 0 Å². The van der Waals surface area contributed by atoms with Crippen LogP contribution in [0.2, 0.25) is 5.04 Å². The zero-order chi connectivity index (χ0) is 24.3. The first-order valence-electron chi connectivity index (χ1n) is 11.6. The number of aliphatic hydroxyl groups excluding tert-OH is 1. The van der Waals surface area contributed by atoms with E-state index in [0.717, 1.165) is 10.4 Å². The van der Waals surface area contributed by atoms with E-state index in [0.29, 0.717) is 6.42 Å². The molecule has 0 bridgehead atoms. The summed E-state index contributed by atoms with van der Waals surface area (Å²) in [5, 5.41) is 15.8. The quantitative estimate of drug-likeness (QED) is 0.512. The lowest BCUT2D eigenvalue weighted by Crippen LogP contribution is -2.69. The van der Waals surface area contributed by atoms with E-state index < -0.39 is 38.3 Å². The molecular weight excluding hydrogens is 430 g/mol. The Bertz CT molecular complexity index is 908. The van der Waals surface area contributed by atoms with Crippen LogP contribution in [-0.4, -0.2) is 43.4 Å². The highest BCUT2D eigenvalue weighted by Crippen LogP contribution is 2.38. The lowest BCUT2D eigenvalue weighted by Gasteiger charge is -2.47. The first-order chi connectivity index (χ1) is 15.4. The Labute approximate surface area is 199 Å². The Morgan fingerprint density at radius 3 is 1.91 bits per heavy atom. The van der Waals surface area contributed by atoms with Crippen LogP contribution in [0.25, 0.3) is 0 Å². The second kappa shape index (κ2) is 9.83. The number of alkyl carbamates (subject to hydrolysis) is 1. The number of carbonyl (C=O) groups is 1. The van der Waals surface area contributed by atoms with Gasteiger partial charge in [-0.3, -0.25) is 0 Å². The van der Waals surface area contributed by atoms with Crippen molar-refractivity contribution in [1.29, 1.82) is 0 Å². The van der Waals surface area contributed by atoms with Crippen molar-refractivity contribution in [1.82, 2.24) is 5.32 Å². The molecule has 6 heteroatoms. The number of carbonyl (C=O) groups excluding carboxylic acids is 1. The number of nitrogens with one attached hydrogen (secondary N) is 1. The van der Waals surface area contributed by atoms with E-state index in [1.807, 2.05) is 69.3 Å². The summed E-state index contributed by atoms with van der Waals surface area (Å²) >= 11 is 0. The molecule has 0 unspecified atom stereocenters. The van der Waals surface area contributed by atoms with Crippen LogP contribution >= 0.6 is 0 Å². The standard InChI is InChI=1S/C27H37NO4Si/c1-26(2,3)31-25(30)28-24-22(29)18-13-19-23(24)32-33(27(4,5)6,20-14-9-7-10-15-20)21-16-11-8-12-17-21/h7-17,19,22-24,29H,18H2,1-6H3,(H,28,30)/t22-,23+,24-/m0/s1. The molecule has 0 saturated heterocycles. The molecule has 178 valence electrons. The van der Waals surface area contributed by atoms with Crippen LogP contribution in [0.15, 0.2) is 72.8 Å². The van der Waals surface area contributed by atoms with Crippen molar-refractivity contribution in [3.8, 4) is 0 Å². The zero-order valence-corrected chi connectivity index (χ0v) is 21.5. The molecule has 0 aromatic heterocycles. The van der Waals surface area contributed by atoms with Crippen molar-refractivity contribution < 1.29 is 19.1 Å². The summed E-state index contributed by atoms with van der Waals surface area (Å²) in [6.07, 6.45) is 2.51. The number of ether oxygens (including phenoxy) is 1. The molecule has 1 amide bonds. The molecule has 2 aromatic rings. The highest BCUT2D eigenvalue weighted by molar-refractivity contribution is 6.99. The Morgan fingerprint density at radius 1 is 0.939 bits per heavy atom. The fourth-order valence-electron chi connectivity index (χ4n) is 4.47. The maximum Gasteiger partial charge on any atom is 0.408 e. The monoisotopic (exact) mass is 467 g/mol. The van der Waals surface area contributed by atoms with Crippen molar-refractivity contribution in [3.63, 3.8) is 0 Å². The Morgan fingerprint density at radius 2 is 1.45 bits per heavy atom. The molecule has 1 aliphatic rings. The van der Waals surface area contributed by atoms with Gasteiger partial charge in [-0.1, -0.05) is 93.6 Å². The number of benzene rings is 2. The van der Waals surface area contributed by atoms with Crippen LogP contribution in [0.3, 0.4) is 0 Å². The maximum absolute atomic E-state index is 12.6. The molecule has 0 heterocycles. The number of amides is 1. The molecule has 33 heavy (non-hydrogen) atoms. The van der Waals surface area contributed by atoms with Gasteiger partial charge in [-0.15, -0.1) is 0 Å². The third kappa shape index (κ3) is 5.75. The molecule has 5 nitrogen and oxygen atoms in total. The summed E-state index contributed by atoms with van der Waals surface area (Å²) in [6.45, 7) is 12.1. The average Bonchev–Trinajstić information content (AvgIpc) is 2.73. The van der Waals surface area contributed by atoms with E-state index in [1.165, 1.54) is 0 Å². The third-order valence-corrected chi connectivity index (χ3v) is 10.9. The van der Waals surface area contributed by atoms with Crippen LogP contribution in [0.1, 0.15) is 48.0 Å². The van der Waals surface area contributed by atoms with Gasteiger partial charge < -0.3 is 19.6 Å². The van der Waals surface area contributed by atoms with Gasteiger partial charge in [0, 0.05) is 0 Å². The van der Waals surface area contributed by atoms with E-state index in [4.69, 9.17) is 9.16 Å². The van der Waals surface area contributed by atoms with E-state index in [1.54, 1.807) is 0 Å². The van der Waals surface area contributed by atoms with Crippen molar-refractivity contribution in [2.24, 2.45) is 0 Å². The van der Waals surface area contributed by atoms with Crippen molar-refractivity contribution in [3.05, 3.63) is 72.8 Å². The van der Waals surface area contributed by atoms with Gasteiger partial charge in [0.05, 0.1) is 18.2 Å². The second-order valence-corrected chi connectivity index (χ2v) is 14.9. The van der Waals surface area contributed by atoms with Gasteiger partial charge in [0.1, 0.15) is 5.60 Å². The number of rotatable bonds is 5. The lowest BCUT2D eigenvalue weighted by molar-refractivity contribution is 0.0256. The van der Waals surface area contributed by atoms with E-state index >= 15 is 0 Å². The predicted octanol–water partition coefficient (Wildman–Crippen LogP) is 4.15. The summed E-state index contributed by atoms with van der Waals surface area (Å²) in [6, 6.07) is 20.1. The fraction of sp³-hybridized carbons (Fsp3) is 0.444. The first-order valence-corrected chi connectivity index (χ1v) is 13.5. The topological polar surface area (TPSA) is 67.8 Å². The maximum atomic E-state index is 12.6. The van der Waals surface area contributed by atoms with E-state index in [-0.39, 0.29) is 5.04 Å². The molecule has 2 N–H and O–H groups in total. The Hall–Kier alpha value is -2.41. The fourth-order valence-corrected chi connectivity index (χ4v) is 9.12. The molecule has 2 aromatic carbocycles. The Balaban J connectivity index is 2.07. The van der Waals surface area contributed by atoms with Crippen LogP contribution in [-0.2, 0) is 9.16 Å². The van der Waals surface area contributed by atoms with Crippen molar-refractivity contribution in [2.45, 2.75) is 76.9 Å². The molecule has 3 rings (SSSR count). The first kappa shape index (κ1) is 25.2. The van der Waals surface area contributed by atoms with Crippen LogP contribution in [0.5, 0.6) is 0 Å². The number of aliphatic hydroxyl groups is 1. The van der Waals surface area contributed by atoms with Gasteiger partial charge in [-0.05, 0) is 42.6 Å². The van der Waals surface area contributed by atoms with E-state index in [9.17, 15) is 9.90 Å². The summed E-state index contributed by atoms with van der Waals surface area (Å²) in [5.74, 6) is 0. The minimum atomic E-state index is -2.86. The SMILES string of the molecule is CC(C)(C)OC(=O)N[C@H]1[C@@H](O)CC=C[C@H]1O[Si](c1ccccc1)(c1ccccc1)C(C)(C)C. The summed E-state index contributed by atoms with van der Waals surface area (Å²) in [7, 11) is -2.86. The van der Waals surface area contributed by atoms with Gasteiger partial charge in [0.2, 0.25) is 0 Å². The normalized spacial score (nSPS) is 21.5. The van der Waals surface area contributed by atoms with Crippen molar-refractivity contribution >= 4 is 24.8 Å². The Kier molecular flexibility index (Phi) is 7.51. The highest BCUT2D eigenvalue weighted by atomic mass is 28.4. The lowest BCUT2D eigenvalue weighted by atomic mass is 9.96. The smallest absolute Gasteiger partial charge is 0.408 e. The predicted molar refractivity (Wildman–Crippen MR) is 135 cm³/mol. The molecule has 1 aliphatic carbocycles. The minimum absolute atomic E-state index is 0.220. The molecule has 0 spiro atoms. The number of hydrogen-bond acceptors (Lipinski definition) is 4. The second-order valence-electron chi connectivity index (χ2n) is 10.6.